The molecule has 0 bridgehead atoms. The van der Waals surface area contributed by atoms with Gasteiger partial charge in [-0.05, 0) is 31.2 Å². The van der Waals surface area contributed by atoms with E-state index in [0.29, 0.717) is 0 Å². The summed E-state index contributed by atoms with van der Waals surface area (Å²) in [5, 5.41) is 9.51. The van der Waals surface area contributed by atoms with E-state index in [4.69, 9.17) is 11.1 Å². The van der Waals surface area contributed by atoms with E-state index in [2.05, 4.69) is 29.2 Å². The van der Waals surface area contributed by atoms with E-state index in [0.717, 1.165) is 29.9 Å². The number of nitrogens with zero attached hydrogens (tertiary/aromatic N) is 2. The van der Waals surface area contributed by atoms with Gasteiger partial charge in [0, 0.05) is 24.0 Å². The highest BCUT2D eigenvalue weighted by molar-refractivity contribution is 7.07. The van der Waals surface area contributed by atoms with E-state index in [-0.39, 0.29) is 5.84 Å². The number of amidine groups is 1. The minimum Gasteiger partial charge on any atom is -0.384 e. The van der Waals surface area contributed by atoms with Crippen LogP contribution in [0.2, 0.25) is 0 Å². The minimum absolute atomic E-state index is 0.116. The molecule has 2 aromatic rings. The van der Waals surface area contributed by atoms with Gasteiger partial charge in [0.2, 0.25) is 0 Å². The average Bonchev–Trinajstić information content (AvgIpc) is 2.84. The van der Waals surface area contributed by atoms with Gasteiger partial charge in [0.25, 0.3) is 0 Å². The van der Waals surface area contributed by atoms with Crippen molar-refractivity contribution in [1.29, 1.82) is 5.41 Å². The van der Waals surface area contributed by atoms with Crippen molar-refractivity contribution < 1.29 is 0 Å². The zero-order valence-electron chi connectivity index (χ0n) is 11.2. The summed E-state index contributed by atoms with van der Waals surface area (Å²) in [5.74, 6) is 0.116. The molecule has 0 amide bonds. The lowest BCUT2D eigenvalue weighted by molar-refractivity contribution is 0.315. The van der Waals surface area contributed by atoms with Crippen molar-refractivity contribution in [1.82, 2.24) is 9.88 Å². The molecule has 1 aromatic carbocycles. The number of hydrogen-bond donors (Lipinski definition) is 2. The molecule has 100 valence electrons. The molecule has 0 fully saturated rings. The predicted octanol–water partition coefficient (Wildman–Crippen LogP) is 2.37. The molecule has 1 heterocycles. The molecule has 0 aliphatic carbocycles. The molecule has 2 rings (SSSR count). The van der Waals surface area contributed by atoms with Crippen LogP contribution in [-0.2, 0) is 13.1 Å². The zero-order chi connectivity index (χ0) is 13.8. The van der Waals surface area contributed by atoms with Crippen LogP contribution in [0.3, 0.4) is 0 Å². The summed E-state index contributed by atoms with van der Waals surface area (Å²) in [5.41, 5.74) is 11.6. The number of rotatable bonds is 5. The number of nitrogens with two attached hydrogens (primary N) is 1. The largest absolute Gasteiger partial charge is 0.384 e. The third kappa shape index (κ3) is 3.62. The number of nitrogen functional groups attached to an aromatic ring is 1. The quantitative estimate of drug-likeness (QED) is 0.650. The molecule has 5 heteroatoms. The highest BCUT2D eigenvalue weighted by Crippen LogP contribution is 2.14. The zero-order valence-corrected chi connectivity index (χ0v) is 12.0. The Morgan fingerprint density at radius 2 is 2.21 bits per heavy atom. The van der Waals surface area contributed by atoms with Crippen LogP contribution in [0.1, 0.15) is 22.4 Å². The first-order chi connectivity index (χ1) is 9.06. The van der Waals surface area contributed by atoms with Gasteiger partial charge >= 0.3 is 0 Å². The van der Waals surface area contributed by atoms with Crippen LogP contribution < -0.4 is 5.73 Å². The Bertz CT molecular complexity index is 563. The minimum atomic E-state index is 0.116. The van der Waals surface area contributed by atoms with Crippen LogP contribution in [-0.4, -0.2) is 22.8 Å². The third-order valence-corrected chi connectivity index (χ3v) is 3.64. The normalized spacial score (nSPS) is 10.9. The van der Waals surface area contributed by atoms with Crippen LogP contribution in [0.4, 0.5) is 0 Å². The first-order valence-corrected chi connectivity index (χ1v) is 7.00. The number of thiazole rings is 1. The number of aryl methyl sites for hydroxylation is 1. The second-order valence-electron chi connectivity index (χ2n) is 4.71. The van der Waals surface area contributed by atoms with Crippen molar-refractivity contribution >= 4 is 17.2 Å². The third-order valence-electron chi connectivity index (χ3n) is 3.01. The Kier molecular flexibility index (Phi) is 4.29. The van der Waals surface area contributed by atoms with Crippen LogP contribution in [0.5, 0.6) is 0 Å². The lowest BCUT2D eigenvalue weighted by Gasteiger charge is -2.17. The Morgan fingerprint density at radius 1 is 1.42 bits per heavy atom. The van der Waals surface area contributed by atoms with Gasteiger partial charge in [-0.15, -0.1) is 11.3 Å². The van der Waals surface area contributed by atoms with Crippen LogP contribution >= 0.6 is 11.3 Å². The Balaban J connectivity index is 2.04. The number of hydrogen-bond acceptors (Lipinski definition) is 4. The van der Waals surface area contributed by atoms with Crippen molar-refractivity contribution in [3.05, 3.63) is 51.5 Å². The molecule has 1 aromatic heterocycles. The van der Waals surface area contributed by atoms with E-state index in [1.54, 1.807) is 11.3 Å². The number of aromatic nitrogens is 1. The van der Waals surface area contributed by atoms with Gasteiger partial charge in [0.05, 0.1) is 11.2 Å². The van der Waals surface area contributed by atoms with Crippen LogP contribution in [0, 0.1) is 12.3 Å². The summed E-state index contributed by atoms with van der Waals surface area (Å²) in [6.45, 7) is 3.76. The van der Waals surface area contributed by atoms with E-state index in [9.17, 15) is 0 Å². The van der Waals surface area contributed by atoms with E-state index in [1.165, 1.54) is 5.56 Å². The van der Waals surface area contributed by atoms with Crippen LogP contribution in [0.25, 0.3) is 0 Å². The van der Waals surface area contributed by atoms with Gasteiger partial charge in [0.15, 0.2) is 0 Å². The lowest BCUT2D eigenvalue weighted by Crippen LogP contribution is -2.18. The first-order valence-electron chi connectivity index (χ1n) is 6.06. The fourth-order valence-electron chi connectivity index (χ4n) is 1.98. The SMILES string of the molecule is Cc1cc(C(=N)N)ccc1CN(C)Cc1cscn1. The van der Waals surface area contributed by atoms with E-state index >= 15 is 0 Å². The summed E-state index contributed by atoms with van der Waals surface area (Å²) in [6, 6.07) is 5.92. The monoisotopic (exact) mass is 274 g/mol. The summed E-state index contributed by atoms with van der Waals surface area (Å²) in [7, 11) is 2.08. The molecule has 0 aliphatic heterocycles. The van der Waals surface area contributed by atoms with Crippen LogP contribution in [0.15, 0.2) is 29.1 Å². The molecular weight excluding hydrogens is 256 g/mol. The maximum Gasteiger partial charge on any atom is 0.122 e. The molecule has 0 atom stereocenters. The van der Waals surface area contributed by atoms with Crippen molar-refractivity contribution in [3.8, 4) is 0 Å². The van der Waals surface area contributed by atoms with Gasteiger partial charge < -0.3 is 5.73 Å². The Morgan fingerprint density at radius 3 is 2.79 bits per heavy atom. The van der Waals surface area contributed by atoms with Gasteiger partial charge in [0.1, 0.15) is 5.84 Å². The molecule has 0 aliphatic rings. The smallest absolute Gasteiger partial charge is 0.122 e. The second-order valence-corrected chi connectivity index (χ2v) is 5.43. The fourth-order valence-corrected chi connectivity index (χ4v) is 2.53. The molecule has 4 nitrogen and oxygen atoms in total. The van der Waals surface area contributed by atoms with Crippen molar-refractivity contribution in [2.24, 2.45) is 5.73 Å². The Labute approximate surface area is 117 Å². The maximum absolute atomic E-state index is 7.44. The molecule has 3 N–H and O–H groups in total. The van der Waals surface area contributed by atoms with Gasteiger partial charge in [-0.25, -0.2) is 4.98 Å². The molecule has 0 spiro atoms. The first kappa shape index (κ1) is 13.7. The van der Waals surface area contributed by atoms with Crippen molar-refractivity contribution in [2.45, 2.75) is 20.0 Å². The summed E-state index contributed by atoms with van der Waals surface area (Å²) in [6.07, 6.45) is 0. The molecule has 19 heavy (non-hydrogen) atoms. The molecule has 0 saturated heterocycles. The van der Waals surface area contributed by atoms with Gasteiger partial charge in [-0.2, -0.15) is 0 Å². The number of benzene rings is 1. The fraction of sp³-hybridized carbons (Fsp3) is 0.286. The van der Waals surface area contributed by atoms with E-state index < -0.39 is 0 Å². The molecule has 0 unspecified atom stereocenters. The summed E-state index contributed by atoms with van der Waals surface area (Å²) in [4.78, 5) is 6.52. The predicted molar refractivity (Wildman–Crippen MR) is 79.5 cm³/mol. The topological polar surface area (TPSA) is 66.0 Å². The van der Waals surface area contributed by atoms with E-state index in [1.807, 2.05) is 23.7 Å². The van der Waals surface area contributed by atoms with Crippen molar-refractivity contribution in [2.75, 3.05) is 7.05 Å². The Hall–Kier alpha value is -1.72. The highest BCUT2D eigenvalue weighted by atomic mass is 32.1. The molecular formula is C14H18N4S. The molecule has 0 saturated carbocycles. The lowest BCUT2D eigenvalue weighted by atomic mass is 10.0. The standard InChI is InChI=1S/C14H18N4S/c1-10-5-11(14(15)16)3-4-12(10)6-18(2)7-13-8-19-9-17-13/h3-5,8-9H,6-7H2,1-2H3,(H3,15,16). The summed E-state index contributed by atoms with van der Waals surface area (Å²) >= 11 is 1.62. The average molecular weight is 274 g/mol. The van der Waals surface area contributed by atoms with Gasteiger partial charge in [-0.1, -0.05) is 12.1 Å². The highest BCUT2D eigenvalue weighted by Gasteiger charge is 2.07. The molecule has 0 radical (unpaired) electrons. The summed E-state index contributed by atoms with van der Waals surface area (Å²) < 4.78 is 0. The maximum atomic E-state index is 7.44. The van der Waals surface area contributed by atoms with Gasteiger partial charge in [-0.3, -0.25) is 10.3 Å². The number of nitrogens with one attached hydrogen (secondary N) is 1. The van der Waals surface area contributed by atoms with Crippen molar-refractivity contribution in [3.63, 3.8) is 0 Å². The second kappa shape index (κ2) is 5.95.